The molecule has 2 aliphatic rings. The van der Waals surface area contributed by atoms with E-state index in [0.717, 1.165) is 16.5 Å². The number of hydrogen-bond acceptors (Lipinski definition) is 2. The van der Waals surface area contributed by atoms with E-state index in [-0.39, 0.29) is 11.5 Å². The molecule has 1 N–H and O–H groups in total. The maximum Gasteiger partial charge on any atom is 0.143 e. The predicted molar refractivity (Wildman–Crippen MR) is 66.3 cm³/mol. The van der Waals surface area contributed by atoms with Crippen molar-refractivity contribution in [3.05, 3.63) is 23.2 Å². The van der Waals surface area contributed by atoms with E-state index < -0.39 is 0 Å². The topological polar surface area (TPSA) is 21.3 Å². The molecule has 1 aliphatic heterocycles. The molecular weight excluding hydrogens is 222 g/mol. The molecule has 0 bridgehead atoms. The third-order valence-electron chi connectivity index (χ3n) is 3.77. The van der Waals surface area contributed by atoms with E-state index in [1.165, 1.54) is 12.8 Å². The van der Waals surface area contributed by atoms with Gasteiger partial charge in [0.25, 0.3) is 0 Å². The standard InChI is InChI=1S/C13H16ClNO/c1-13(2)6-5-9-12(13)16-11-4-3-8(14)7-10(11)15-9/h3-4,7,9,12,15H,5-6H2,1-2H3. The number of hydrogen-bond donors (Lipinski definition) is 1. The van der Waals surface area contributed by atoms with E-state index in [2.05, 4.69) is 19.2 Å². The minimum Gasteiger partial charge on any atom is -0.486 e. The van der Waals surface area contributed by atoms with Gasteiger partial charge in [0.1, 0.15) is 11.9 Å². The molecule has 0 spiro atoms. The Labute approximate surface area is 101 Å². The van der Waals surface area contributed by atoms with Gasteiger partial charge in [-0.25, -0.2) is 0 Å². The van der Waals surface area contributed by atoms with Crippen molar-refractivity contribution in [2.75, 3.05) is 5.32 Å². The minimum absolute atomic E-state index is 0.259. The SMILES string of the molecule is CC1(C)CCC2Nc3cc(Cl)ccc3OC21. The molecule has 3 heteroatoms. The Morgan fingerprint density at radius 1 is 1.44 bits per heavy atom. The molecule has 1 saturated carbocycles. The van der Waals surface area contributed by atoms with Gasteiger partial charge in [0.2, 0.25) is 0 Å². The Balaban J connectivity index is 1.97. The van der Waals surface area contributed by atoms with Crippen molar-refractivity contribution in [1.29, 1.82) is 0 Å². The number of anilines is 1. The molecule has 0 aromatic heterocycles. The van der Waals surface area contributed by atoms with Crippen molar-refractivity contribution in [2.24, 2.45) is 5.41 Å². The molecule has 1 aliphatic carbocycles. The van der Waals surface area contributed by atoms with Crippen LogP contribution in [0.15, 0.2) is 18.2 Å². The Kier molecular flexibility index (Phi) is 2.12. The van der Waals surface area contributed by atoms with Gasteiger partial charge in [0.05, 0.1) is 11.7 Å². The van der Waals surface area contributed by atoms with Crippen LogP contribution in [0.25, 0.3) is 0 Å². The highest BCUT2D eigenvalue weighted by Gasteiger charge is 2.46. The van der Waals surface area contributed by atoms with Gasteiger partial charge in [0.15, 0.2) is 0 Å². The Bertz CT molecular complexity index is 430. The fourth-order valence-electron chi connectivity index (χ4n) is 2.81. The molecule has 2 atom stereocenters. The third-order valence-corrected chi connectivity index (χ3v) is 4.01. The minimum atomic E-state index is 0.259. The molecule has 1 aromatic rings. The maximum atomic E-state index is 6.10. The van der Waals surface area contributed by atoms with E-state index in [1.807, 2.05) is 18.2 Å². The first-order chi connectivity index (χ1) is 7.56. The summed E-state index contributed by atoms with van der Waals surface area (Å²) in [5, 5.41) is 4.30. The number of rotatable bonds is 0. The summed E-state index contributed by atoms with van der Waals surface area (Å²) in [5.41, 5.74) is 1.29. The van der Waals surface area contributed by atoms with Crippen LogP contribution in [-0.2, 0) is 0 Å². The molecule has 0 radical (unpaired) electrons. The quantitative estimate of drug-likeness (QED) is 0.743. The predicted octanol–water partition coefficient (Wildman–Crippen LogP) is 3.70. The summed E-state index contributed by atoms with van der Waals surface area (Å²) in [4.78, 5) is 0. The van der Waals surface area contributed by atoms with Crippen LogP contribution in [0.1, 0.15) is 26.7 Å². The third kappa shape index (κ3) is 1.47. The normalized spacial score (nSPS) is 29.9. The zero-order chi connectivity index (χ0) is 11.3. The van der Waals surface area contributed by atoms with Crippen molar-refractivity contribution in [3.63, 3.8) is 0 Å². The lowest BCUT2D eigenvalue weighted by atomic mass is 9.88. The molecule has 0 saturated heterocycles. The summed E-state index contributed by atoms with van der Waals surface area (Å²) >= 11 is 5.98. The van der Waals surface area contributed by atoms with E-state index in [0.29, 0.717) is 6.04 Å². The molecule has 16 heavy (non-hydrogen) atoms. The Morgan fingerprint density at radius 3 is 3.06 bits per heavy atom. The van der Waals surface area contributed by atoms with Crippen LogP contribution in [-0.4, -0.2) is 12.1 Å². The summed E-state index contributed by atoms with van der Waals surface area (Å²) in [7, 11) is 0. The van der Waals surface area contributed by atoms with Crippen LogP contribution < -0.4 is 10.1 Å². The lowest BCUT2D eigenvalue weighted by molar-refractivity contribution is 0.0901. The number of fused-ring (bicyclic) bond motifs is 2. The largest absolute Gasteiger partial charge is 0.486 e. The molecule has 1 fully saturated rings. The smallest absolute Gasteiger partial charge is 0.143 e. The number of ether oxygens (including phenoxy) is 1. The summed E-state index contributed by atoms with van der Waals surface area (Å²) in [6.07, 6.45) is 2.65. The highest BCUT2D eigenvalue weighted by Crippen LogP contribution is 2.46. The lowest BCUT2D eigenvalue weighted by Gasteiger charge is -2.36. The first kappa shape index (κ1) is 10.3. The summed E-state index contributed by atoms with van der Waals surface area (Å²) in [6, 6.07) is 6.21. The van der Waals surface area contributed by atoms with Crippen LogP contribution in [0.4, 0.5) is 5.69 Å². The van der Waals surface area contributed by atoms with Gasteiger partial charge in [-0.05, 0) is 31.0 Å². The molecule has 86 valence electrons. The van der Waals surface area contributed by atoms with Crippen molar-refractivity contribution >= 4 is 17.3 Å². The second-order valence-corrected chi connectivity index (χ2v) is 5.89. The van der Waals surface area contributed by atoms with Crippen LogP contribution >= 0.6 is 11.6 Å². The van der Waals surface area contributed by atoms with Gasteiger partial charge < -0.3 is 10.1 Å². The highest BCUT2D eigenvalue weighted by atomic mass is 35.5. The second-order valence-electron chi connectivity index (χ2n) is 5.46. The zero-order valence-electron chi connectivity index (χ0n) is 9.59. The Hall–Kier alpha value is -0.890. The fourth-order valence-corrected chi connectivity index (χ4v) is 2.98. The van der Waals surface area contributed by atoms with E-state index in [9.17, 15) is 0 Å². The first-order valence-electron chi connectivity index (χ1n) is 5.79. The zero-order valence-corrected chi connectivity index (χ0v) is 10.3. The van der Waals surface area contributed by atoms with Gasteiger partial charge in [-0.3, -0.25) is 0 Å². The van der Waals surface area contributed by atoms with Crippen LogP contribution in [0.3, 0.4) is 0 Å². The van der Waals surface area contributed by atoms with E-state index in [1.54, 1.807) is 0 Å². The summed E-state index contributed by atoms with van der Waals surface area (Å²) in [6.45, 7) is 4.56. The Morgan fingerprint density at radius 2 is 2.25 bits per heavy atom. The lowest BCUT2D eigenvalue weighted by Crippen LogP contribution is -2.43. The van der Waals surface area contributed by atoms with Crippen LogP contribution in [0, 0.1) is 5.41 Å². The van der Waals surface area contributed by atoms with Crippen molar-refractivity contribution in [3.8, 4) is 5.75 Å². The summed E-state index contributed by atoms with van der Waals surface area (Å²) in [5.74, 6) is 0.931. The van der Waals surface area contributed by atoms with Crippen LogP contribution in [0.5, 0.6) is 5.75 Å². The number of nitrogens with one attached hydrogen (secondary N) is 1. The highest BCUT2D eigenvalue weighted by molar-refractivity contribution is 6.30. The van der Waals surface area contributed by atoms with Gasteiger partial charge in [-0.1, -0.05) is 25.4 Å². The van der Waals surface area contributed by atoms with Crippen LogP contribution in [0.2, 0.25) is 5.02 Å². The maximum absolute atomic E-state index is 6.10. The molecule has 0 amide bonds. The molecule has 2 nitrogen and oxygen atoms in total. The fraction of sp³-hybridized carbons (Fsp3) is 0.538. The van der Waals surface area contributed by atoms with Gasteiger partial charge >= 0.3 is 0 Å². The second kappa shape index (κ2) is 3.30. The average Bonchev–Trinajstić information content (AvgIpc) is 2.52. The van der Waals surface area contributed by atoms with Crippen molar-refractivity contribution in [1.82, 2.24) is 0 Å². The number of halogens is 1. The monoisotopic (exact) mass is 237 g/mol. The molecule has 2 unspecified atom stereocenters. The van der Waals surface area contributed by atoms with Crippen molar-refractivity contribution in [2.45, 2.75) is 38.8 Å². The van der Waals surface area contributed by atoms with E-state index >= 15 is 0 Å². The van der Waals surface area contributed by atoms with Gasteiger partial charge in [-0.2, -0.15) is 0 Å². The first-order valence-corrected chi connectivity index (χ1v) is 6.17. The van der Waals surface area contributed by atoms with E-state index in [4.69, 9.17) is 16.3 Å². The molecule has 3 rings (SSSR count). The van der Waals surface area contributed by atoms with Gasteiger partial charge in [-0.15, -0.1) is 0 Å². The molecular formula is C13H16ClNO. The average molecular weight is 238 g/mol. The number of benzene rings is 1. The summed E-state index contributed by atoms with van der Waals surface area (Å²) < 4.78 is 6.10. The molecule has 1 aromatic carbocycles. The van der Waals surface area contributed by atoms with Crippen molar-refractivity contribution < 1.29 is 4.74 Å². The van der Waals surface area contributed by atoms with Gasteiger partial charge in [0, 0.05) is 10.4 Å². The molecule has 1 heterocycles.